The van der Waals surface area contributed by atoms with Crippen molar-refractivity contribution in [3.8, 4) is 0 Å². The van der Waals surface area contributed by atoms with Crippen LogP contribution >= 0.6 is 0 Å². The Kier molecular flexibility index (Phi) is 2.59. The normalized spacial score (nSPS) is 17.7. The number of nitrogens with one attached hydrogen (secondary N) is 1. The summed E-state index contributed by atoms with van der Waals surface area (Å²) in [4.78, 5) is 0. The molecule has 0 saturated heterocycles. The Bertz CT molecular complexity index is 341. The number of ether oxygens (including phenoxy) is 1. The quantitative estimate of drug-likeness (QED) is 0.798. The van der Waals surface area contributed by atoms with Crippen molar-refractivity contribution >= 4 is 0 Å². The van der Waals surface area contributed by atoms with Crippen LogP contribution in [-0.4, -0.2) is 13.7 Å². The maximum absolute atomic E-state index is 5.53. The maximum atomic E-state index is 5.53. The van der Waals surface area contributed by atoms with Crippen molar-refractivity contribution < 1.29 is 9.15 Å². The van der Waals surface area contributed by atoms with Crippen molar-refractivity contribution in [2.75, 3.05) is 13.7 Å². The van der Waals surface area contributed by atoms with Crippen LogP contribution in [0.25, 0.3) is 0 Å². The molecule has 0 aromatic carbocycles. The fourth-order valence-electron chi connectivity index (χ4n) is 1.73. The summed E-state index contributed by atoms with van der Waals surface area (Å²) in [5, 5.41) is 3.22. The van der Waals surface area contributed by atoms with Crippen LogP contribution in [0.2, 0.25) is 0 Å². The van der Waals surface area contributed by atoms with Gasteiger partial charge in [-0.05, 0) is 26.1 Å². The van der Waals surface area contributed by atoms with Gasteiger partial charge in [0.05, 0.1) is 18.9 Å². The van der Waals surface area contributed by atoms with Crippen molar-refractivity contribution in [2.24, 2.45) is 0 Å². The number of rotatable bonds is 3. The van der Waals surface area contributed by atoms with Crippen LogP contribution in [0.3, 0.4) is 0 Å². The predicted molar refractivity (Wildman–Crippen MR) is 53.9 cm³/mol. The van der Waals surface area contributed by atoms with Gasteiger partial charge in [0.1, 0.15) is 11.5 Å². The highest BCUT2D eigenvalue weighted by Crippen LogP contribution is 2.27. The van der Waals surface area contributed by atoms with Gasteiger partial charge >= 0.3 is 0 Å². The molecule has 0 spiro atoms. The highest BCUT2D eigenvalue weighted by molar-refractivity contribution is 5.25. The fraction of sp³-hybridized carbons (Fsp3) is 0.455. The second-order valence-corrected chi connectivity index (χ2v) is 3.46. The van der Waals surface area contributed by atoms with Crippen LogP contribution in [0.15, 0.2) is 28.6 Å². The molecule has 0 radical (unpaired) electrons. The molecular formula is C11H15NO2. The van der Waals surface area contributed by atoms with Gasteiger partial charge in [-0.25, -0.2) is 0 Å². The molecule has 2 heterocycles. The number of hydrogen-bond acceptors (Lipinski definition) is 3. The average Bonchev–Trinajstić information content (AvgIpc) is 2.79. The van der Waals surface area contributed by atoms with E-state index >= 15 is 0 Å². The van der Waals surface area contributed by atoms with Crippen molar-refractivity contribution in [1.29, 1.82) is 0 Å². The molecule has 14 heavy (non-hydrogen) atoms. The van der Waals surface area contributed by atoms with E-state index in [0.29, 0.717) is 0 Å². The summed E-state index contributed by atoms with van der Waals surface area (Å²) in [7, 11) is 1.93. The number of furan rings is 1. The minimum Gasteiger partial charge on any atom is -0.496 e. The zero-order valence-electron chi connectivity index (χ0n) is 8.54. The Morgan fingerprint density at radius 2 is 2.36 bits per heavy atom. The van der Waals surface area contributed by atoms with E-state index in [9.17, 15) is 0 Å². The first-order valence-electron chi connectivity index (χ1n) is 4.86. The predicted octanol–water partition coefficient (Wildman–Crippen LogP) is 2.15. The molecule has 3 nitrogen and oxygen atoms in total. The van der Waals surface area contributed by atoms with E-state index in [1.54, 1.807) is 6.26 Å². The second kappa shape index (κ2) is 3.88. The van der Waals surface area contributed by atoms with Gasteiger partial charge in [0.25, 0.3) is 0 Å². The Hall–Kier alpha value is -1.22. The molecule has 0 fully saturated rings. The molecule has 1 aromatic rings. The van der Waals surface area contributed by atoms with E-state index in [-0.39, 0.29) is 6.04 Å². The zero-order valence-corrected chi connectivity index (χ0v) is 8.54. The van der Waals surface area contributed by atoms with Gasteiger partial charge in [0.15, 0.2) is 0 Å². The molecule has 1 aliphatic rings. The molecule has 0 saturated carbocycles. The summed E-state index contributed by atoms with van der Waals surface area (Å²) < 4.78 is 10.8. The van der Waals surface area contributed by atoms with Crippen LogP contribution < -0.4 is 5.32 Å². The van der Waals surface area contributed by atoms with Gasteiger partial charge in [-0.2, -0.15) is 0 Å². The third kappa shape index (κ3) is 1.68. The van der Waals surface area contributed by atoms with Gasteiger partial charge in [-0.3, -0.25) is 0 Å². The lowest BCUT2D eigenvalue weighted by Crippen LogP contribution is -2.18. The summed E-state index contributed by atoms with van der Waals surface area (Å²) in [5.41, 5.74) is 1.12. The second-order valence-electron chi connectivity index (χ2n) is 3.46. The Morgan fingerprint density at radius 1 is 1.50 bits per heavy atom. The molecule has 1 unspecified atom stereocenters. The molecule has 76 valence electrons. The zero-order chi connectivity index (χ0) is 9.97. The first kappa shape index (κ1) is 9.34. The van der Waals surface area contributed by atoms with Crippen LogP contribution in [0.1, 0.15) is 23.8 Å². The first-order chi connectivity index (χ1) is 6.81. The van der Waals surface area contributed by atoms with E-state index in [1.165, 1.54) is 0 Å². The molecule has 3 heteroatoms. The molecule has 1 aromatic heterocycles. The largest absolute Gasteiger partial charge is 0.496 e. The molecule has 2 rings (SSSR count). The summed E-state index contributed by atoms with van der Waals surface area (Å²) in [5.74, 6) is 1.94. The van der Waals surface area contributed by atoms with E-state index in [4.69, 9.17) is 9.15 Å². The molecule has 1 N–H and O–H groups in total. The van der Waals surface area contributed by atoms with Gasteiger partial charge in [0, 0.05) is 12.0 Å². The maximum Gasteiger partial charge on any atom is 0.114 e. The number of likely N-dealkylation sites (N-methyl/N-ethyl adjacent to an activating group) is 1. The summed E-state index contributed by atoms with van der Waals surface area (Å²) in [6.45, 7) is 2.74. The Balaban J connectivity index is 2.20. The molecule has 0 aliphatic carbocycles. The van der Waals surface area contributed by atoms with Gasteiger partial charge < -0.3 is 14.5 Å². The molecular weight excluding hydrogens is 178 g/mol. The standard InChI is InChI=1S/C11H15NO2/c1-8-6-9(7-14-8)11(12-2)10-4-3-5-13-10/h4,6-7,11-12H,3,5H2,1-2H3. The average molecular weight is 193 g/mol. The smallest absolute Gasteiger partial charge is 0.114 e. The molecule has 1 atom stereocenters. The van der Waals surface area contributed by atoms with E-state index in [2.05, 4.69) is 11.4 Å². The third-order valence-corrected chi connectivity index (χ3v) is 2.39. The fourth-order valence-corrected chi connectivity index (χ4v) is 1.73. The highest BCUT2D eigenvalue weighted by Gasteiger charge is 2.20. The summed E-state index contributed by atoms with van der Waals surface area (Å²) in [6.07, 6.45) is 4.91. The van der Waals surface area contributed by atoms with Crippen molar-refractivity contribution in [3.63, 3.8) is 0 Å². The van der Waals surface area contributed by atoms with Crippen molar-refractivity contribution in [2.45, 2.75) is 19.4 Å². The lowest BCUT2D eigenvalue weighted by atomic mass is 10.1. The molecule has 0 amide bonds. The minimum atomic E-state index is 0.134. The van der Waals surface area contributed by atoms with Gasteiger partial charge in [0.2, 0.25) is 0 Å². The van der Waals surface area contributed by atoms with Crippen molar-refractivity contribution in [3.05, 3.63) is 35.5 Å². The topological polar surface area (TPSA) is 34.4 Å². The van der Waals surface area contributed by atoms with Gasteiger partial charge in [-0.15, -0.1) is 0 Å². The summed E-state index contributed by atoms with van der Waals surface area (Å²) in [6, 6.07) is 2.17. The minimum absolute atomic E-state index is 0.134. The van der Waals surface area contributed by atoms with Crippen LogP contribution in [0.5, 0.6) is 0 Å². The van der Waals surface area contributed by atoms with Crippen molar-refractivity contribution in [1.82, 2.24) is 5.32 Å². The van der Waals surface area contributed by atoms with Crippen LogP contribution in [0.4, 0.5) is 0 Å². The summed E-state index contributed by atoms with van der Waals surface area (Å²) >= 11 is 0. The van der Waals surface area contributed by atoms with Crippen LogP contribution in [0, 0.1) is 6.92 Å². The Labute approximate surface area is 83.7 Å². The number of aryl methyl sites for hydroxylation is 1. The molecule has 0 bridgehead atoms. The Morgan fingerprint density at radius 3 is 2.86 bits per heavy atom. The van der Waals surface area contributed by atoms with E-state index < -0.39 is 0 Å². The third-order valence-electron chi connectivity index (χ3n) is 2.39. The molecule has 1 aliphatic heterocycles. The monoisotopic (exact) mass is 193 g/mol. The first-order valence-corrected chi connectivity index (χ1v) is 4.86. The lowest BCUT2D eigenvalue weighted by molar-refractivity contribution is 0.218. The number of hydrogen-bond donors (Lipinski definition) is 1. The van der Waals surface area contributed by atoms with E-state index in [0.717, 1.165) is 30.1 Å². The van der Waals surface area contributed by atoms with Crippen LogP contribution in [-0.2, 0) is 4.74 Å². The highest BCUT2D eigenvalue weighted by atomic mass is 16.5. The van der Waals surface area contributed by atoms with Gasteiger partial charge in [-0.1, -0.05) is 0 Å². The SMILES string of the molecule is CNC(C1=CCCO1)c1coc(C)c1. The lowest BCUT2D eigenvalue weighted by Gasteiger charge is -2.15. The van der Waals surface area contributed by atoms with E-state index in [1.807, 2.05) is 20.0 Å².